The minimum absolute atomic E-state index is 0.993. The summed E-state index contributed by atoms with van der Waals surface area (Å²) in [6, 6.07) is 1.07. The Labute approximate surface area is 172 Å². The zero-order chi connectivity index (χ0) is 20.1. The molecule has 0 heterocycles. The average Bonchev–Trinajstić information content (AvgIpc) is 2.70. The van der Waals surface area contributed by atoms with E-state index in [1.165, 1.54) is 103 Å². The van der Waals surface area contributed by atoms with Crippen molar-refractivity contribution in [3.8, 4) is 0 Å². The molecule has 0 amide bonds. The van der Waals surface area contributed by atoms with E-state index in [0.717, 1.165) is 19.0 Å². The highest BCUT2D eigenvalue weighted by Gasteiger charge is 2.34. The smallest absolute Gasteiger partial charge is 0.386 e. The summed E-state index contributed by atoms with van der Waals surface area (Å²) in [7, 11) is 1.47. The van der Waals surface area contributed by atoms with Gasteiger partial charge >= 0.3 is 8.72 Å². The molecular weight excluding hydrogens is 350 g/mol. The van der Waals surface area contributed by atoms with Crippen LogP contribution in [0.5, 0.6) is 0 Å². The maximum atomic E-state index is 5.72. The number of nitrogens with one attached hydrogen (secondary N) is 1. The molecule has 0 bridgehead atoms. The molecule has 0 atom stereocenters. The molecule has 4 heteroatoms. The lowest BCUT2D eigenvalue weighted by molar-refractivity contribution is 0.226. The molecule has 27 heavy (non-hydrogen) atoms. The Morgan fingerprint density at radius 1 is 0.519 bits per heavy atom. The third kappa shape index (κ3) is 16.7. The molecule has 0 saturated carbocycles. The van der Waals surface area contributed by atoms with E-state index in [1.807, 2.05) is 0 Å². The van der Waals surface area contributed by atoms with E-state index in [-0.39, 0.29) is 0 Å². The fraction of sp³-hybridized carbons (Fsp3) is 1.00. The number of rotatable bonds is 22. The molecule has 0 aliphatic rings. The molecular formula is C23H51NO2Si. The second kappa shape index (κ2) is 20.8. The molecule has 3 nitrogen and oxygen atoms in total. The van der Waals surface area contributed by atoms with Crippen molar-refractivity contribution in [3.63, 3.8) is 0 Å². The molecule has 0 fully saturated rings. The summed E-state index contributed by atoms with van der Waals surface area (Å²) < 4.78 is 11.4. The second-order valence-electron chi connectivity index (χ2n) is 8.14. The van der Waals surface area contributed by atoms with Crippen LogP contribution in [0.2, 0.25) is 6.04 Å². The van der Waals surface area contributed by atoms with Gasteiger partial charge in [0.1, 0.15) is 0 Å². The standard InChI is InChI=1S/C23H51NO2Si/c1-5-7-8-9-10-11-12-13-14-15-16-17-18-19-20-21-23-27(25-3,26-4)24-22-6-2/h24H,5-23H2,1-4H3. The normalized spacial score (nSPS) is 12.0. The average molecular weight is 402 g/mol. The first-order chi connectivity index (χ1) is 13.2. The van der Waals surface area contributed by atoms with Crippen molar-refractivity contribution in [2.45, 2.75) is 129 Å². The van der Waals surface area contributed by atoms with Crippen LogP contribution < -0.4 is 4.98 Å². The van der Waals surface area contributed by atoms with E-state index < -0.39 is 8.72 Å². The van der Waals surface area contributed by atoms with Gasteiger partial charge in [-0.1, -0.05) is 110 Å². The molecule has 0 unspecified atom stereocenters. The summed E-state index contributed by atoms with van der Waals surface area (Å²) >= 11 is 0. The van der Waals surface area contributed by atoms with Gasteiger partial charge in [0.05, 0.1) is 0 Å². The lowest BCUT2D eigenvalue weighted by atomic mass is 10.0. The monoisotopic (exact) mass is 401 g/mol. The molecule has 0 aromatic heterocycles. The van der Waals surface area contributed by atoms with E-state index in [0.29, 0.717) is 0 Å². The SMILES string of the molecule is CCCCCCCCCCCCCCCCCC[Si](NCCC)(OC)OC. The fourth-order valence-electron chi connectivity index (χ4n) is 3.74. The summed E-state index contributed by atoms with van der Waals surface area (Å²) in [5.74, 6) is 0. The van der Waals surface area contributed by atoms with Gasteiger partial charge in [-0.05, 0) is 19.4 Å². The highest BCUT2D eigenvalue weighted by Crippen LogP contribution is 2.17. The third-order valence-corrected chi connectivity index (χ3v) is 8.78. The Kier molecular flexibility index (Phi) is 20.9. The van der Waals surface area contributed by atoms with Crippen molar-refractivity contribution in [2.24, 2.45) is 0 Å². The zero-order valence-corrected chi connectivity index (χ0v) is 20.3. The largest absolute Gasteiger partial charge is 0.424 e. The first kappa shape index (κ1) is 27.1. The molecule has 0 spiro atoms. The predicted molar refractivity (Wildman–Crippen MR) is 122 cm³/mol. The van der Waals surface area contributed by atoms with Crippen LogP contribution in [0.25, 0.3) is 0 Å². The van der Waals surface area contributed by atoms with Crippen LogP contribution in [-0.4, -0.2) is 29.5 Å². The summed E-state index contributed by atoms with van der Waals surface area (Å²) in [6.45, 7) is 5.47. The second-order valence-corrected chi connectivity index (χ2v) is 11.3. The Balaban J connectivity index is 3.35. The van der Waals surface area contributed by atoms with Crippen LogP contribution in [0.15, 0.2) is 0 Å². The van der Waals surface area contributed by atoms with Crippen LogP contribution in [-0.2, 0) is 8.85 Å². The maximum absolute atomic E-state index is 5.72. The highest BCUT2D eigenvalue weighted by molar-refractivity contribution is 6.64. The number of hydrogen-bond donors (Lipinski definition) is 1. The van der Waals surface area contributed by atoms with Crippen molar-refractivity contribution in [1.29, 1.82) is 0 Å². The summed E-state index contributed by atoms with van der Waals surface area (Å²) in [5.41, 5.74) is 0. The third-order valence-electron chi connectivity index (χ3n) is 5.66. The van der Waals surface area contributed by atoms with Crippen LogP contribution in [0.1, 0.15) is 123 Å². The predicted octanol–water partition coefficient (Wildman–Crippen LogP) is 7.48. The van der Waals surface area contributed by atoms with Crippen molar-refractivity contribution in [3.05, 3.63) is 0 Å². The topological polar surface area (TPSA) is 30.5 Å². The quantitative estimate of drug-likeness (QED) is 0.151. The summed E-state index contributed by atoms with van der Waals surface area (Å²) in [5, 5.41) is 0. The van der Waals surface area contributed by atoms with Crippen LogP contribution >= 0.6 is 0 Å². The lowest BCUT2D eigenvalue weighted by Gasteiger charge is -2.27. The Hall–Kier alpha value is 0.0969. The zero-order valence-electron chi connectivity index (χ0n) is 19.3. The first-order valence-electron chi connectivity index (χ1n) is 12.1. The van der Waals surface area contributed by atoms with Gasteiger partial charge in [0.2, 0.25) is 0 Å². The van der Waals surface area contributed by atoms with E-state index in [9.17, 15) is 0 Å². The number of hydrogen-bond acceptors (Lipinski definition) is 3. The molecule has 0 saturated heterocycles. The van der Waals surface area contributed by atoms with Gasteiger partial charge in [-0.15, -0.1) is 0 Å². The van der Waals surface area contributed by atoms with E-state index in [4.69, 9.17) is 8.85 Å². The van der Waals surface area contributed by atoms with Gasteiger partial charge in [-0.3, -0.25) is 4.98 Å². The Morgan fingerprint density at radius 2 is 0.889 bits per heavy atom. The maximum Gasteiger partial charge on any atom is 0.424 e. The fourth-order valence-corrected chi connectivity index (χ4v) is 6.13. The molecule has 164 valence electrons. The van der Waals surface area contributed by atoms with Gasteiger partial charge in [-0.25, -0.2) is 0 Å². The van der Waals surface area contributed by atoms with Crippen LogP contribution in [0.3, 0.4) is 0 Å². The summed E-state index contributed by atoms with van der Waals surface area (Å²) in [4.78, 5) is 3.53. The van der Waals surface area contributed by atoms with Crippen molar-refractivity contribution >= 4 is 8.72 Å². The van der Waals surface area contributed by atoms with Crippen molar-refractivity contribution in [2.75, 3.05) is 20.8 Å². The minimum Gasteiger partial charge on any atom is -0.386 e. The molecule has 1 N–H and O–H groups in total. The molecule has 0 aromatic rings. The van der Waals surface area contributed by atoms with Crippen LogP contribution in [0, 0.1) is 0 Å². The van der Waals surface area contributed by atoms with Gasteiger partial charge < -0.3 is 8.85 Å². The van der Waals surface area contributed by atoms with Gasteiger partial charge in [0.15, 0.2) is 0 Å². The minimum atomic E-state index is -2.12. The van der Waals surface area contributed by atoms with Gasteiger partial charge in [-0.2, -0.15) is 0 Å². The Morgan fingerprint density at radius 3 is 1.22 bits per heavy atom. The van der Waals surface area contributed by atoms with E-state index in [1.54, 1.807) is 14.2 Å². The molecule has 0 aliphatic carbocycles. The van der Waals surface area contributed by atoms with Crippen molar-refractivity contribution in [1.82, 2.24) is 4.98 Å². The first-order valence-corrected chi connectivity index (χ1v) is 14.1. The van der Waals surface area contributed by atoms with E-state index >= 15 is 0 Å². The Bertz CT molecular complexity index is 286. The molecule has 0 radical (unpaired) electrons. The van der Waals surface area contributed by atoms with Gasteiger partial charge in [0.25, 0.3) is 0 Å². The lowest BCUT2D eigenvalue weighted by Crippen LogP contribution is -2.55. The summed E-state index contributed by atoms with van der Waals surface area (Å²) in [6.07, 6.45) is 23.7. The van der Waals surface area contributed by atoms with Crippen LogP contribution in [0.4, 0.5) is 0 Å². The molecule has 0 aromatic carbocycles. The van der Waals surface area contributed by atoms with Crippen molar-refractivity contribution < 1.29 is 8.85 Å². The van der Waals surface area contributed by atoms with Gasteiger partial charge in [0, 0.05) is 20.3 Å². The van der Waals surface area contributed by atoms with E-state index in [2.05, 4.69) is 18.8 Å². The molecule has 0 rings (SSSR count). The highest BCUT2D eigenvalue weighted by atomic mass is 28.4. The molecule has 0 aliphatic heterocycles. The number of unbranched alkanes of at least 4 members (excludes halogenated alkanes) is 15.